The Morgan fingerprint density at radius 2 is 1.74 bits per heavy atom. The van der Waals surface area contributed by atoms with Crippen molar-refractivity contribution in [3.8, 4) is 28.6 Å². The van der Waals surface area contributed by atoms with Crippen molar-refractivity contribution >= 4 is 11.6 Å². The highest BCUT2D eigenvalue weighted by Gasteiger charge is 2.12. The Morgan fingerprint density at radius 3 is 2.41 bits per heavy atom. The first-order chi connectivity index (χ1) is 13.2. The summed E-state index contributed by atoms with van der Waals surface area (Å²) in [7, 11) is 1.61. The fourth-order valence-corrected chi connectivity index (χ4v) is 2.49. The summed E-state index contributed by atoms with van der Waals surface area (Å²) in [6, 6.07) is 17.8. The van der Waals surface area contributed by atoms with Gasteiger partial charge in [-0.05, 0) is 60.7 Å². The lowest BCUT2D eigenvalue weighted by atomic mass is 10.2. The van der Waals surface area contributed by atoms with E-state index in [0.717, 1.165) is 16.9 Å². The first kappa shape index (κ1) is 16.6. The monoisotopic (exact) mass is 361 g/mol. The molecule has 27 heavy (non-hydrogen) atoms. The van der Waals surface area contributed by atoms with E-state index in [1.54, 1.807) is 43.5 Å². The SMILES string of the molecule is COc1ccc(-c2noc(-c3ccc(NC(=O)c4ccco4)cc3)n2)cc1. The summed E-state index contributed by atoms with van der Waals surface area (Å²) >= 11 is 0. The van der Waals surface area contributed by atoms with Crippen LogP contribution < -0.4 is 10.1 Å². The molecule has 0 radical (unpaired) electrons. The fourth-order valence-electron chi connectivity index (χ4n) is 2.49. The summed E-state index contributed by atoms with van der Waals surface area (Å²) in [5, 5.41) is 6.77. The van der Waals surface area contributed by atoms with Crippen molar-refractivity contribution < 1.29 is 18.5 Å². The molecule has 4 aromatic rings. The summed E-state index contributed by atoms with van der Waals surface area (Å²) < 4.78 is 15.6. The second-order valence-electron chi connectivity index (χ2n) is 5.66. The number of carbonyl (C=O) groups is 1. The van der Waals surface area contributed by atoms with Crippen molar-refractivity contribution in [2.45, 2.75) is 0 Å². The highest BCUT2D eigenvalue weighted by molar-refractivity contribution is 6.02. The summed E-state index contributed by atoms with van der Waals surface area (Å²) in [4.78, 5) is 16.4. The minimum Gasteiger partial charge on any atom is -0.497 e. The molecule has 0 spiro atoms. The lowest BCUT2D eigenvalue weighted by Crippen LogP contribution is -2.10. The lowest BCUT2D eigenvalue weighted by molar-refractivity contribution is 0.0996. The summed E-state index contributed by atoms with van der Waals surface area (Å²) in [6.45, 7) is 0. The zero-order valence-corrected chi connectivity index (χ0v) is 14.4. The standard InChI is InChI=1S/C20H15N3O4/c1-25-16-10-6-13(7-11-16)18-22-20(27-23-18)14-4-8-15(9-5-14)21-19(24)17-3-2-12-26-17/h2-12H,1H3,(H,21,24). The number of ether oxygens (including phenoxy) is 1. The third-order valence-electron chi connectivity index (χ3n) is 3.91. The molecule has 0 bridgehead atoms. The number of rotatable bonds is 5. The Bertz CT molecular complexity index is 1040. The molecule has 2 aromatic carbocycles. The number of hydrogen-bond acceptors (Lipinski definition) is 6. The highest BCUT2D eigenvalue weighted by atomic mass is 16.5. The fraction of sp³-hybridized carbons (Fsp3) is 0.0500. The first-order valence-corrected chi connectivity index (χ1v) is 8.16. The number of benzene rings is 2. The van der Waals surface area contributed by atoms with Gasteiger partial charge >= 0.3 is 0 Å². The Kier molecular flexibility index (Phi) is 4.40. The molecule has 0 fully saturated rings. The Balaban J connectivity index is 1.49. The number of amides is 1. The number of aromatic nitrogens is 2. The van der Waals surface area contributed by atoms with Crippen LogP contribution in [0.25, 0.3) is 22.8 Å². The number of nitrogens with one attached hydrogen (secondary N) is 1. The van der Waals surface area contributed by atoms with E-state index in [9.17, 15) is 4.79 Å². The largest absolute Gasteiger partial charge is 0.497 e. The van der Waals surface area contributed by atoms with Crippen molar-refractivity contribution in [2.75, 3.05) is 12.4 Å². The molecule has 0 aliphatic carbocycles. The molecule has 134 valence electrons. The molecule has 0 saturated heterocycles. The maximum Gasteiger partial charge on any atom is 0.291 e. The van der Waals surface area contributed by atoms with E-state index >= 15 is 0 Å². The van der Waals surface area contributed by atoms with Crippen LogP contribution in [0.4, 0.5) is 5.69 Å². The molecule has 1 amide bonds. The van der Waals surface area contributed by atoms with Gasteiger partial charge in [-0.2, -0.15) is 4.98 Å². The zero-order chi connectivity index (χ0) is 18.6. The van der Waals surface area contributed by atoms with Gasteiger partial charge in [-0.15, -0.1) is 0 Å². The van der Waals surface area contributed by atoms with Gasteiger partial charge in [-0.1, -0.05) is 5.16 Å². The molecule has 7 heteroatoms. The van der Waals surface area contributed by atoms with E-state index in [-0.39, 0.29) is 11.7 Å². The van der Waals surface area contributed by atoms with Crippen LogP contribution in [-0.4, -0.2) is 23.2 Å². The number of carbonyl (C=O) groups excluding carboxylic acids is 1. The lowest BCUT2D eigenvalue weighted by Gasteiger charge is -2.03. The molecule has 4 rings (SSSR count). The van der Waals surface area contributed by atoms with E-state index in [4.69, 9.17) is 13.7 Å². The van der Waals surface area contributed by atoms with Gasteiger partial charge in [0.05, 0.1) is 13.4 Å². The molecule has 2 heterocycles. The summed E-state index contributed by atoms with van der Waals surface area (Å²) in [5.74, 6) is 1.58. The van der Waals surface area contributed by atoms with E-state index in [1.165, 1.54) is 6.26 Å². The average Bonchev–Trinajstić information content (AvgIpc) is 3.41. The van der Waals surface area contributed by atoms with Gasteiger partial charge in [-0.3, -0.25) is 4.79 Å². The third-order valence-corrected chi connectivity index (χ3v) is 3.91. The van der Waals surface area contributed by atoms with E-state index in [1.807, 2.05) is 24.3 Å². The summed E-state index contributed by atoms with van der Waals surface area (Å²) in [5.41, 5.74) is 2.21. The van der Waals surface area contributed by atoms with Crippen molar-refractivity contribution in [3.05, 3.63) is 72.7 Å². The van der Waals surface area contributed by atoms with Crippen LogP contribution in [0.15, 0.2) is 75.9 Å². The molecule has 0 saturated carbocycles. The number of nitrogens with zero attached hydrogens (tertiary/aromatic N) is 2. The normalized spacial score (nSPS) is 10.6. The van der Waals surface area contributed by atoms with Gasteiger partial charge in [0, 0.05) is 16.8 Å². The Morgan fingerprint density at radius 1 is 1.00 bits per heavy atom. The average molecular weight is 361 g/mol. The van der Waals surface area contributed by atoms with Crippen LogP contribution in [-0.2, 0) is 0 Å². The molecule has 1 N–H and O–H groups in total. The number of anilines is 1. The quantitative estimate of drug-likeness (QED) is 0.571. The second-order valence-corrected chi connectivity index (χ2v) is 5.66. The van der Waals surface area contributed by atoms with E-state index in [0.29, 0.717) is 17.4 Å². The molecule has 7 nitrogen and oxygen atoms in total. The molecule has 0 unspecified atom stereocenters. The number of methoxy groups -OCH3 is 1. The van der Waals surface area contributed by atoms with Crippen molar-refractivity contribution in [1.29, 1.82) is 0 Å². The van der Waals surface area contributed by atoms with Crippen LogP contribution in [0, 0.1) is 0 Å². The van der Waals surface area contributed by atoms with Crippen molar-refractivity contribution in [1.82, 2.24) is 10.1 Å². The van der Waals surface area contributed by atoms with Crippen LogP contribution in [0.3, 0.4) is 0 Å². The van der Waals surface area contributed by atoms with Crippen LogP contribution in [0.1, 0.15) is 10.6 Å². The zero-order valence-electron chi connectivity index (χ0n) is 14.4. The maximum absolute atomic E-state index is 12.0. The van der Waals surface area contributed by atoms with Gasteiger partial charge in [0.15, 0.2) is 5.76 Å². The number of furan rings is 1. The predicted octanol–water partition coefficient (Wildman–Crippen LogP) is 4.26. The Hall–Kier alpha value is -3.87. The summed E-state index contributed by atoms with van der Waals surface area (Å²) in [6.07, 6.45) is 1.45. The molecule has 0 aliphatic heterocycles. The van der Waals surface area contributed by atoms with Gasteiger partial charge in [0.2, 0.25) is 5.82 Å². The van der Waals surface area contributed by atoms with Gasteiger partial charge in [-0.25, -0.2) is 0 Å². The minimum absolute atomic E-state index is 0.250. The van der Waals surface area contributed by atoms with Gasteiger partial charge < -0.3 is 19.0 Å². The van der Waals surface area contributed by atoms with Crippen molar-refractivity contribution in [2.24, 2.45) is 0 Å². The molecular formula is C20H15N3O4. The van der Waals surface area contributed by atoms with Crippen molar-refractivity contribution in [3.63, 3.8) is 0 Å². The smallest absolute Gasteiger partial charge is 0.291 e. The van der Waals surface area contributed by atoms with Gasteiger partial charge in [0.25, 0.3) is 11.8 Å². The molecular weight excluding hydrogens is 346 g/mol. The highest BCUT2D eigenvalue weighted by Crippen LogP contribution is 2.25. The minimum atomic E-state index is -0.313. The van der Waals surface area contributed by atoms with Gasteiger partial charge in [0.1, 0.15) is 5.75 Å². The first-order valence-electron chi connectivity index (χ1n) is 8.16. The Labute approximate surface area is 154 Å². The van der Waals surface area contributed by atoms with Crippen LogP contribution >= 0.6 is 0 Å². The van der Waals surface area contributed by atoms with E-state index in [2.05, 4.69) is 15.5 Å². The third kappa shape index (κ3) is 3.57. The molecule has 0 aliphatic rings. The predicted molar refractivity (Wildman–Crippen MR) is 98.4 cm³/mol. The van der Waals surface area contributed by atoms with Crippen LogP contribution in [0.2, 0.25) is 0 Å². The second kappa shape index (κ2) is 7.17. The molecule has 2 aromatic heterocycles. The molecule has 0 atom stereocenters. The van der Waals surface area contributed by atoms with E-state index < -0.39 is 0 Å². The maximum atomic E-state index is 12.0. The van der Waals surface area contributed by atoms with Crippen LogP contribution in [0.5, 0.6) is 5.75 Å². The number of hydrogen-bond donors (Lipinski definition) is 1. The topological polar surface area (TPSA) is 90.4 Å².